The van der Waals surface area contributed by atoms with Gasteiger partial charge in [-0.05, 0) is 26.2 Å². The summed E-state index contributed by atoms with van der Waals surface area (Å²) in [7, 11) is -3.19. The summed E-state index contributed by atoms with van der Waals surface area (Å²) in [4.78, 5) is 4.55. The second-order valence-corrected chi connectivity index (χ2v) is 9.85. The van der Waals surface area contributed by atoms with Gasteiger partial charge in [-0.2, -0.15) is 11.8 Å². The summed E-state index contributed by atoms with van der Waals surface area (Å²) in [6.45, 7) is 12.0. The van der Waals surface area contributed by atoms with Crippen molar-refractivity contribution in [1.82, 2.24) is 14.9 Å². The standard InChI is InChI=1S/C17H36N4O3S2/c1-5-18-17(19-8-7-16(15(3)4)24-6-2)20-9-14-26(22,23)21-10-12-25-13-11-21/h15-16H,5-14H2,1-4H3,(H2,18,19,20). The highest BCUT2D eigenvalue weighted by atomic mass is 32.2. The van der Waals surface area contributed by atoms with Gasteiger partial charge >= 0.3 is 0 Å². The number of ether oxygens (including phenoxy) is 1. The van der Waals surface area contributed by atoms with E-state index in [9.17, 15) is 8.42 Å². The molecule has 0 bridgehead atoms. The van der Waals surface area contributed by atoms with Crippen molar-refractivity contribution in [2.45, 2.75) is 40.2 Å². The predicted molar refractivity (Wildman–Crippen MR) is 112 cm³/mol. The molecule has 1 saturated heterocycles. The molecule has 1 rings (SSSR count). The van der Waals surface area contributed by atoms with E-state index in [1.807, 2.05) is 13.8 Å². The van der Waals surface area contributed by atoms with E-state index in [-0.39, 0.29) is 11.9 Å². The first-order valence-corrected chi connectivity index (χ1v) is 12.4. The molecule has 0 aromatic carbocycles. The molecule has 9 heteroatoms. The highest BCUT2D eigenvalue weighted by Crippen LogP contribution is 2.13. The Morgan fingerprint density at radius 1 is 1.23 bits per heavy atom. The summed E-state index contributed by atoms with van der Waals surface area (Å²) < 4.78 is 32.1. The lowest BCUT2D eigenvalue weighted by molar-refractivity contribution is 0.0266. The van der Waals surface area contributed by atoms with Crippen molar-refractivity contribution in [1.29, 1.82) is 0 Å². The van der Waals surface area contributed by atoms with Crippen LogP contribution < -0.4 is 10.6 Å². The van der Waals surface area contributed by atoms with Crippen LogP contribution in [0.1, 0.15) is 34.1 Å². The van der Waals surface area contributed by atoms with Crippen molar-refractivity contribution in [3.05, 3.63) is 0 Å². The Balaban J connectivity index is 2.46. The van der Waals surface area contributed by atoms with Crippen LogP contribution in [0.25, 0.3) is 0 Å². The molecule has 0 saturated carbocycles. The largest absolute Gasteiger partial charge is 0.378 e. The van der Waals surface area contributed by atoms with E-state index in [1.165, 1.54) is 0 Å². The van der Waals surface area contributed by atoms with Crippen LogP contribution in [-0.4, -0.2) is 81.4 Å². The monoisotopic (exact) mass is 408 g/mol. The normalized spacial score (nSPS) is 18.1. The van der Waals surface area contributed by atoms with Crippen LogP contribution in [0.2, 0.25) is 0 Å². The van der Waals surface area contributed by atoms with Crippen molar-refractivity contribution in [2.75, 3.05) is 56.6 Å². The summed E-state index contributed by atoms with van der Waals surface area (Å²) in [5.74, 6) is 2.97. The molecule has 1 unspecified atom stereocenters. The van der Waals surface area contributed by atoms with Crippen LogP contribution >= 0.6 is 11.8 Å². The second-order valence-electron chi connectivity index (χ2n) is 6.54. The smallest absolute Gasteiger partial charge is 0.215 e. The van der Waals surface area contributed by atoms with Gasteiger partial charge in [0.05, 0.1) is 11.9 Å². The SMILES string of the molecule is CCNC(=NCCC(OCC)C(C)C)NCCS(=O)(=O)N1CCSCC1. The molecule has 2 N–H and O–H groups in total. The number of hydrogen-bond donors (Lipinski definition) is 2. The zero-order valence-electron chi connectivity index (χ0n) is 16.7. The summed E-state index contributed by atoms with van der Waals surface area (Å²) in [5, 5.41) is 6.31. The van der Waals surface area contributed by atoms with Crippen molar-refractivity contribution in [3.8, 4) is 0 Å². The van der Waals surface area contributed by atoms with Gasteiger partial charge in [0.25, 0.3) is 0 Å². The first-order valence-electron chi connectivity index (χ1n) is 9.60. The van der Waals surface area contributed by atoms with Crippen LogP contribution in [0.15, 0.2) is 4.99 Å². The third-order valence-corrected chi connectivity index (χ3v) is 6.98. The minimum absolute atomic E-state index is 0.0929. The Labute approximate surface area is 163 Å². The number of rotatable bonds is 11. The lowest BCUT2D eigenvalue weighted by Gasteiger charge is -2.25. The fourth-order valence-corrected chi connectivity index (χ4v) is 5.21. The van der Waals surface area contributed by atoms with Crippen molar-refractivity contribution in [2.24, 2.45) is 10.9 Å². The molecule has 26 heavy (non-hydrogen) atoms. The zero-order chi connectivity index (χ0) is 19.4. The Morgan fingerprint density at radius 2 is 1.92 bits per heavy atom. The molecular formula is C17H36N4O3S2. The van der Waals surface area contributed by atoms with Gasteiger partial charge in [-0.3, -0.25) is 4.99 Å². The quantitative estimate of drug-likeness (QED) is 0.397. The van der Waals surface area contributed by atoms with Gasteiger partial charge in [0, 0.05) is 50.8 Å². The van der Waals surface area contributed by atoms with Crippen molar-refractivity contribution in [3.63, 3.8) is 0 Å². The van der Waals surface area contributed by atoms with E-state index in [4.69, 9.17) is 4.74 Å². The molecule has 7 nitrogen and oxygen atoms in total. The fraction of sp³-hybridized carbons (Fsp3) is 0.941. The van der Waals surface area contributed by atoms with Gasteiger partial charge in [-0.25, -0.2) is 12.7 Å². The van der Waals surface area contributed by atoms with Gasteiger partial charge in [-0.1, -0.05) is 13.8 Å². The summed E-state index contributed by atoms with van der Waals surface area (Å²) in [5.41, 5.74) is 0. The van der Waals surface area contributed by atoms with Gasteiger partial charge in [0.2, 0.25) is 10.0 Å². The molecule has 0 aliphatic carbocycles. The van der Waals surface area contributed by atoms with Crippen LogP contribution in [0.3, 0.4) is 0 Å². The molecule has 1 aliphatic heterocycles. The molecular weight excluding hydrogens is 372 g/mol. The molecule has 0 radical (unpaired) electrons. The number of hydrogen-bond acceptors (Lipinski definition) is 5. The number of sulfonamides is 1. The molecule has 1 atom stereocenters. The predicted octanol–water partition coefficient (Wildman–Crippen LogP) is 1.37. The third-order valence-electron chi connectivity index (χ3n) is 4.17. The minimum atomic E-state index is -3.19. The Bertz CT molecular complexity index is 506. The second kappa shape index (κ2) is 12.8. The van der Waals surface area contributed by atoms with Gasteiger partial charge in [0.1, 0.15) is 0 Å². The molecule has 154 valence electrons. The van der Waals surface area contributed by atoms with Gasteiger partial charge < -0.3 is 15.4 Å². The number of thioether (sulfide) groups is 1. The number of nitrogens with zero attached hydrogens (tertiary/aromatic N) is 2. The van der Waals surface area contributed by atoms with Gasteiger partial charge in [0.15, 0.2) is 5.96 Å². The van der Waals surface area contributed by atoms with E-state index < -0.39 is 10.0 Å². The maximum atomic E-state index is 12.4. The molecule has 1 aliphatic rings. The molecule has 1 fully saturated rings. The van der Waals surface area contributed by atoms with Crippen molar-refractivity contribution >= 4 is 27.7 Å². The lowest BCUT2D eigenvalue weighted by Crippen LogP contribution is -2.44. The lowest BCUT2D eigenvalue weighted by atomic mass is 10.0. The highest BCUT2D eigenvalue weighted by molar-refractivity contribution is 7.99. The fourth-order valence-electron chi connectivity index (χ4n) is 2.72. The number of nitrogens with one attached hydrogen (secondary N) is 2. The average Bonchev–Trinajstić information content (AvgIpc) is 2.61. The number of aliphatic imine (C=N–C) groups is 1. The van der Waals surface area contributed by atoms with Crippen LogP contribution in [0.5, 0.6) is 0 Å². The van der Waals surface area contributed by atoms with Crippen LogP contribution in [0.4, 0.5) is 0 Å². The number of guanidine groups is 1. The van der Waals surface area contributed by atoms with E-state index in [1.54, 1.807) is 16.1 Å². The molecule has 0 amide bonds. The first-order chi connectivity index (χ1) is 12.4. The summed E-state index contributed by atoms with van der Waals surface area (Å²) in [6.07, 6.45) is 1.05. The Morgan fingerprint density at radius 3 is 2.50 bits per heavy atom. The Kier molecular flexibility index (Phi) is 11.6. The van der Waals surface area contributed by atoms with E-state index in [2.05, 4.69) is 29.5 Å². The first kappa shape index (κ1) is 23.5. The van der Waals surface area contributed by atoms with Crippen LogP contribution in [0, 0.1) is 5.92 Å². The Hall–Kier alpha value is -0.510. The van der Waals surface area contributed by atoms with Gasteiger partial charge in [-0.15, -0.1) is 0 Å². The molecule has 0 spiro atoms. The highest BCUT2D eigenvalue weighted by Gasteiger charge is 2.23. The molecule has 0 aromatic heterocycles. The van der Waals surface area contributed by atoms with E-state index in [0.29, 0.717) is 44.7 Å². The third kappa shape index (κ3) is 8.92. The molecule has 0 aromatic rings. The van der Waals surface area contributed by atoms with Crippen molar-refractivity contribution < 1.29 is 13.2 Å². The maximum Gasteiger partial charge on any atom is 0.215 e. The summed E-state index contributed by atoms with van der Waals surface area (Å²) in [6, 6.07) is 0. The van der Waals surface area contributed by atoms with E-state index in [0.717, 1.165) is 24.5 Å². The van der Waals surface area contributed by atoms with E-state index >= 15 is 0 Å². The molecule has 1 heterocycles. The zero-order valence-corrected chi connectivity index (χ0v) is 18.3. The maximum absolute atomic E-state index is 12.4. The average molecular weight is 409 g/mol. The minimum Gasteiger partial charge on any atom is -0.378 e. The van der Waals surface area contributed by atoms with Crippen LogP contribution in [-0.2, 0) is 14.8 Å². The summed E-state index contributed by atoms with van der Waals surface area (Å²) >= 11 is 1.81. The topological polar surface area (TPSA) is 83.0 Å².